The van der Waals surface area contributed by atoms with E-state index < -0.39 is 37.6 Å². The van der Waals surface area contributed by atoms with Crippen LogP contribution in [0.25, 0.3) is 0 Å². The Morgan fingerprint density at radius 1 is 1.07 bits per heavy atom. The first-order chi connectivity index (χ1) is 6.30. The molecular weight excluding hydrogens is 208 g/mol. The first-order valence-corrected chi connectivity index (χ1v) is 3.96. The Hall–Kier alpha value is -0.400. The molecule has 0 aromatic carbocycles. The van der Waals surface area contributed by atoms with E-state index in [0.717, 1.165) is 0 Å². The summed E-state index contributed by atoms with van der Waals surface area (Å²) in [7, 11) is 0. The quantitative estimate of drug-likeness (QED) is 0.448. The van der Waals surface area contributed by atoms with Crippen molar-refractivity contribution in [2.45, 2.75) is 37.3 Å². The van der Waals surface area contributed by atoms with Gasteiger partial charge in [-0.15, -0.1) is 0 Å². The lowest BCUT2D eigenvalue weighted by Gasteiger charge is -2.23. The molecule has 3 unspecified atom stereocenters. The summed E-state index contributed by atoms with van der Waals surface area (Å²) in [6.07, 6.45) is -9.36. The summed E-state index contributed by atoms with van der Waals surface area (Å²) in [4.78, 5) is 0. The highest BCUT2D eigenvalue weighted by molar-refractivity contribution is 4.80. The molecular formula is C7H12F4O3. The van der Waals surface area contributed by atoms with Crippen molar-refractivity contribution in [1.29, 1.82) is 0 Å². The number of halogens is 4. The van der Waals surface area contributed by atoms with Crippen LogP contribution in [0.3, 0.4) is 0 Å². The number of alkyl halides is 4. The lowest BCUT2D eigenvalue weighted by molar-refractivity contribution is -0.351. The molecule has 3 atom stereocenters. The zero-order valence-electron chi connectivity index (χ0n) is 7.21. The van der Waals surface area contributed by atoms with Gasteiger partial charge in [-0.1, -0.05) is 0 Å². The number of rotatable bonds is 6. The lowest BCUT2D eigenvalue weighted by Crippen LogP contribution is -2.47. The van der Waals surface area contributed by atoms with Crippen LogP contribution in [0.1, 0.15) is 12.8 Å². The third-order valence-electron chi connectivity index (χ3n) is 1.61. The number of hydrogen-bond donors (Lipinski definition) is 3. The Bertz CT molecular complexity index is 162. The molecule has 0 bridgehead atoms. The van der Waals surface area contributed by atoms with E-state index in [1.165, 1.54) is 0 Å². The van der Waals surface area contributed by atoms with Gasteiger partial charge in [0.25, 0.3) is 0 Å². The van der Waals surface area contributed by atoms with E-state index >= 15 is 0 Å². The fourth-order valence-corrected chi connectivity index (χ4v) is 0.828. The first kappa shape index (κ1) is 13.6. The maximum atomic E-state index is 12.7. The van der Waals surface area contributed by atoms with E-state index in [-0.39, 0.29) is 6.42 Å². The third kappa shape index (κ3) is 4.21. The van der Waals surface area contributed by atoms with Crippen LogP contribution < -0.4 is 0 Å². The molecule has 0 aliphatic carbocycles. The van der Waals surface area contributed by atoms with E-state index in [0.29, 0.717) is 0 Å². The van der Waals surface area contributed by atoms with Crippen molar-refractivity contribution in [2.75, 3.05) is 6.67 Å². The minimum Gasteiger partial charge on any atom is -0.341 e. The molecule has 0 amide bonds. The number of aliphatic hydroxyl groups is 3. The monoisotopic (exact) mass is 220 g/mol. The van der Waals surface area contributed by atoms with Crippen molar-refractivity contribution in [3.8, 4) is 0 Å². The fourth-order valence-electron chi connectivity index (χ4n) is 0.828. The van der Waals surface area contributed by atoms with Gasteiger partial charge in [-0.05, 0) is 12.8 Å². The fraction of sp³-hybridized carbons (Fsp3) is 1.00. The van der Waals surface area contributed by atoms with Crippen molar-refractivity contribution in [2.24, 2.45) is 0 Å². The summed E-state index contributed by atoms with van der Waals surface area (Å²) in [5.41, 5.74) is 0. The molecule has 0 aromatic heterocycles. The highest BCUT2D eigenvalue weighted by Crippen LogP contribution is 2.21. The number of hydrogen-bond acceptors (Lipinski definition) is 3. The van der Waals surface area contributed by atoms with E-state index in [9.17, 15) is 17.6 Å². The van der Waals surface area contributed by atoms with Crippen molar-refractivity contribution < 1.29 is 32.9 Å². The average molecular weight is 220 g/mol. The summed E-state index contributed by atoms with van der Waals surface area (Å²) < 4.78 is 49.3. The Morgan fingerprint density at radius 2 is 1.57 bits per heavy atom. The predicted molar refractivity (Wildman–Crippen MR) is 39.3 cm³/mol. The predicted octanol–water partition coefficient (Wildman–Crippen LogP) is 0.381. The van der Waals surface area contributed by atoms with E-state index in [1.807, 2.05) is 0 Å². The van der Waals surface area contributed by atoms with Crippen molar-refractivity contribution in [3.05, 3.63) is 0 Å². The van der Waals surface area contributed by atoms with E-state index in [1.54, 1.807) is 0 Å². The van der Waals surface area contributed by atoms with Crippen LogP contribution in [0.2, 0.25) is 0 Å². The summed E-state index contributed by atoms with van der Waals surface area (Å²) in [6, 6.07) is 0. The van der Waals surface area contributed by atoms with Gasteiger partial charge in [-0.25, -0.2) is 13.2 Å². The molecule has 0 aliphatic rings. The molecule has 0 heterocycles. The molecule has 0 radical (unpaired) electrons. The van der Waals surface area contributed by atoms with Crippen LogP contribution in [0.5, 0.6) is 0 Å². The molecule has 14 heavy (non-hydrogen) atoms. The Morgan fingerprint density at radius 3 is 1.93 bits per heavy atom. The van der Waals surface area contributed by atoms with Crippen LogP contribution in [0, 0.1) is 0 Å². The second-order valence-electron chi connectivity index (χ2n) is 2.88. The second-order valence-corrected chi connectivity index (χ2v) is 2.88. The summed E-state index contributed by atoms with van der Waals surface area (Å²) in [5.74, 6) is -3.92. The van der Waals surface area contributed by atoms with Gasteiger partial charge in [-0.2, -0.15) is 0 Å². The highest BCUT2D eigenvalue weighted by atomic mass is 19.2. The largest absolute Gasteiger partial charge is 0.341 e. The molecule has 0 rings (SSSR count). The molecule has 86 valence electrons. The maximum Gasteiger partial charge on any atom is 0.311 e. The molecule has 0 saturated heterocycles. The average Bonchev–Trinajstić information content (AvgIpc) is 2.10. The van der Waals surface area contributed by atoms with Gasteiger partial charge >= 0.3 is 5.97 Å². The van der Waals surface area contributed by atoms with Crippen LogP contribution in [0.4, 0.5) is 17.6 Å². The molecule has 7 heteroatoms. The van der Waals surface area contributed by atoms with Crippen LogP contribution >= 0.6 is 0 Å². The lowest BCUT2D eigenvalue weighted by atomic mass is 10.1. The smallest absolute Gasteiger partial charge is 0.311 e. The minimum absolute atomic E-state index is 0.302. The zero-order chi connectivity index (χ0) is 11.4. The molecule has 0 aromatic rings. The van der Waals surface area contributed by atoms with Crippen molar-refractivity contribution >= 4 is 0 Å². The summed E-state index contributed by atoms with van der Waals surface area (Å²) in [5, 5.41) is 24.6. The SMILES string of the molecule is OC(O)(O)C(F)C(F)C(F)CCCF. The van der Waals surface area contributed by atoms with Gasteiger partial charge < -0.3 is 15.3 Å². The molecule has 0 aliphatic heterocycles. The highest BCUT2D eigenvalue weighted by Gasteiger charge is 2.43. The molecule has 3 nitrogen and oxygen atoms in total. The molecule has 0 fully saturated rings. The van der Waals surface area contributed by atoms with Crippen LogP contribution in [0.15, 0.2) is 0 Å². The van der Waals surface area contributed by atoms with E-state index in [4.69, 9.17) is 15.3 Å². The minimum atomic E-state index is -3.92. The van der Waals surface area contributed by atoms with Gasteiger partial charge in [0, 0.05) is 0 Å². The van der Waals surface area contributed by atoms with Gasteiger partial charge in [-0.3, -0.25) is 4.39 Å². The second kappa shape index (κ2) is 5.47. The van der Waals surface area contributed by atoms with Gasteiger partial charge in [0.2, 0.25) is 6.17 Å². The Labute approximate surface area is 78.0 Å². The Balaban J connectivity index is 4.10. The summed E-state index contributed by atoms with van der Waals surface area (Å²) in [6.45, 7) is -0.882. The van der Waals surface area contributed by atoms with Crippen LogP contribution in [-0.2, 0) is 0 Å². The Kier molecular flexibility index (Phi) is 5.32. The topological polar surface area (TPSA) is 60.7 Å². The standard InChI is InChI=1S/C7H12F4O3/c8-3-1-2-4(9)5(10)6(11)7(12,13)14/h4-6,12-14H,1-3H2. The van der Waals surface area contributed by atoms with E-state index in [2.05, 4.69) is 0 Å². The van der Waals surface area contributed by atoms with Crippen molar-refractivity contribution in [1.82, 2.24) is 0 Å². The third-order valence-corrected chi connectivity index (χ3v) is 1.61. The van der Waals surface area contributed by atoms with Crippen molar-refractivity contribution in [3.63, 3.8) is 0 Å². The van der Waals surface area contributed by atoms with Gasteiger partial charge in [0.1, 0.15) is 6.17 Å². The first-order valence-electron chi connectivity index (χ1n) is 3.96. The zero-order valence-corrected chi connectivity index (χ0v) is 7.21. The van der Waals surface area contributed by atoms with Gasteiger partial charge in [0.15, 0.2) is 6.17 Å². The van der Waals surface area contributed by atoms with Gasteiger partial charge in [0.05, 0.1) is 6.67 Å². The summed E-state index contributed by atoms with van der Waals surface area (Å²) >= 11 is 0. The molecule has 0 spiro atoms. The maximum absolute atomic E-state index is 12.7. The molecule has 3 N–H and O–H groups in total. The molecule has 0 saturated carbocycles. The van der Waals surface area contributed by atoms with Crippen LogP contribution in [-0.4, -0.2) is 46.5 Å². The normalized spacial score (nSPS) is 19.1.